The Bertz CT molecular complexity index is 768. The number of benzene rings is 1. The molecule has 0 aliphatic carbocycles. The number of nitrogens with zero attached hydrogens (tertiary/aromatic N) is 1. The van der Waals surface area contributed by atoms with Gasteiger partial charge in [0.25, 0.3) is 5.69 Å². The topological polar surface area (TPSA) is 69.4 Å². The van der Waals surface area contributed by atoms with Crippen molar-refractivity contribution in [2.45, 2.75) is 13.3 Å². The predicted molar refractivity (Wildman–Crippen MR) is 77.0 cm³/mol. The Balaban J connectivity index is 1.79. The summed E-state index contributed by atoms with van der Waals surface area (Å²) in [5.41, 5.74) is 0.874. The van der Waals surface area contributed by atoms with Crippen LogP contribution in [0.2, 0.25) is 0 Å². The first-order valence-electron chi connectivity index (χ1n) is 6.51. The van der Waals surface area contributed by atoms with Crippen LogP contribution in [0, 0.1) is 17.0 Å². The van der Waals surface area contributed by atoms with E-state index in [2.05, 4.69) is 0 Å². The van der Waals surface area contributed by atoms with E-state index in [0.717, 1.165) is 22.8 Å². The fraction of sp³-hybridized carbons (Fsp3) is 0.125. The van der Waals surface area contributed by atoms with Crippen LogP contribution in [0.4, 0.5) is 5.69 Å². The van der Waals surface area contributed by atoms with Crippen LogP contribution in [0.25, 0.3) is 11.3 Å². The second-order valence-electron chi connectivity index (χ2n) is 4.76. The minimum Gasteiger partial charge on any atom is -0.466 e. The summed E-state index contributed by atoms with van der Waals surface area (Å²) in [7, 11) is 0. The summed E-state index contributed by atoms with van der Waals surface area (Å²) in [5.74, 6) is 3.19. The lowest BCUT2D eigenvalue weighted by Crippen LogP contribution is -1.86. The van der Waals surface area contributed by atoms with Crippen LogP contribution in [-0.2, 0) is 6.42 Å². The molecule has 0 atom stereocenters. The lowest BCUT2D eigenvalue weighted by molar-refractivity contribution is -0.384. The number of nitro benzene ring substituents is 1. The maximum Gasteiger partial charge on any atom is 0.269 e. The summed E-state index contributed by atoms with van der Waals surface area (Å²) < 4.78 is 11.3. The minimum absolute atomic E-state index is 0.0663. The normalized spacial score (nSPS) is 10.7. The number of hydrogen-bond donors (Lipinski definition) is 0. The summed E-state index contributed by atoms with van der Waals surface area (Å²) in [4.78, 5) is 10.2. The largest absolute Gasteiger partial charge is 0.466 e. The zero-order chi connectivity index (χ0) is 14.8. The van der Waals surface area contributed by atoms with E-state index >= 15 is 0 Å². The third-order valence-electron chi connectivity index (χ3n) is 3.17. The Labute approximate surface area is 121 Å². The molecule has 0 saturated carbocycles. The van der Waals surface area contributed by atoms with Crippen molar-refractivity contribution in [3.63, 3.8) is 0 Å². The number of nitro groups is 1. The maximum atomic E-state index is 10.6. The highest BCUT2D eigenvalue weighted by molar-refractivity contribution is 5.59. The molecule has 5 nitrogen and oxygen atoms in total. The molecule has 2 aromatic heterocycles. The highest BCUT2D eigenvalue weighted by Gasteiger charge is 2.10. The first-order chi connectivity index (χ1) is 10.1. The molecular weight excluding hydrogens is 270 g/mol. The summed E-state index contributed by atoms with van der Waals surface area (Å²) in [5, 5.41) is 10.6. The standard InChI is InChI=1S/C16H13NO4/c1-11-2-7-14(20-11)10-15-8-9-16(21-15)12-3-5-13(6-4-12)17(18)19/h2-9H,10H2,1H3. The highest BCUT2D eigenvalue weighted by Crippen LogP contribution is 2.25. The van der Waals surface area contributed by atoms with Gasteiger partial charge in [-0.3, -0.25) is 10.1 Å². The number of rotatable bonds is 4. The molecule has 0 saturated heterocycles. The molecule has 106 valence electrons. The van der Waals surface area contributed by atoms with Gasteiger partial charge >= 0.3 is 0 Å². The van der Waals surface area contributed by atoms with Gasteiger partial charge in [0.1, 0.15) is 23.0 Å². The smallest absolute Gasteiger partial charge is 0.269 e. The van der Waals surface area contributed by atoms with Gasteiger partial charge in [-0.15, -0.1) is 0 Å². The van der Waals surface area contributed by atoms with E-state index in [1.165, 1.54) is 12.1 Å². The van der Waals surface area contributed by atoms with Crippen LogP contribution in [0.1, 0.15) is 17.3 Å². The van der Waals surface area contributed by atoms with E-state index in [0.29, 0.717) is 12.2 Å². The predicted octanol–water partition coefficient (Wildman–Crippen LogP) is 4.35. The van der Waals surface area contributed by atoms with Gasteiger partial charge in [-0.25, -0.2) is 0 Å². The van der Waals surface area contributed by atoms with Crippen molar-refractivity contribution in [2.24, 2.45) is 0 Å². The molecule has 5 heteroatoms. The van der Waals surface area contributed by atoms with Crippen molar-refractivity contribution >= 4 is 5.69 Å². The van der Waals surface area contributed by atoms with Gasteiger partial charge in [0.05, 0.1) is 11.3 Å². The van der Waals surface area contributed by atoms with Gasteiger partial charge in [0, 0.05) is 17.7 Å². The number of aryl methyl sites for hydroxylation is 1. The van der Waals surface area contributed by atoms with Gasteiger partial charge in [0.15, 0.2) is 0 Å². The second-order valence-corrected chi connectivity index (χ2v) is 4.76. The Kier molecular flexibility index (Phi) is 3.31. The van der Waals surface area contributed by atoms with Gasteiger partial charge in [-0.05, 0) is 43.3 Å². The van der Waals surface area contributed by atoms with Crippen molar-refractivity contribution in [1.29, 1.82) is 0 Å². The minimum atomic E-state index is -0.420. The molecule has 0 spiro atoms. The molecule has 1 aromatic carbocycles. The van der Waals surface area contributed by atoms with Crippen molar-refractivity contribution in [1.82, 2.24) is 0 Å². The number of non-ortho nitro benzene ring substituents is 1. The lowest BCUT2D eigenvalue weighted by atomic mass is 10.1. The molecule has 0 bridgehead atoms. The zero-order valence-electron chi connectivity index (χ0n) is 11.4. The molecule has 0 radical (unpaired) electrons. The first kappa shape index (κ1) is 13.2. The molecule has 0 N–H and O–H groups in total. The van der Waals surface area contributed by atoms with Crippen molar-refractivity contribution in [2.75, 3.05) is 0 Å². The summed E-state index contributed by atoms with van der Waals surface area (Å²) in [6.07, 6.45) is 0.584. The molecule has 0 aliphatic heterocycles. The Morgan fingerprint density at radius 3 is 2.24 bits per heavy atom. The van der Waals surface area contributed by atoms with E-state index in [9.17, 15) is 10.1 Å². The quantitative estimate of drug-likeness (QED) is 0.527. The Morgan fingerprint density at radius 2 is 1.62 bits per heavy atom. The molecule has 2 heterocycles. The molecule has 3 rings (SSSR count). The third kappa shape index (κ3) is 2.86. The molecule has 0 aliphatic rings. The van der Waals surface area contributed by atoms with E-state index in [1.807, 2.05) is 31.2 Å². The second kappa shape index (κ2) is 5.28. The van der Waals surface area contributed by atoms with Crippen molar-refractivity contribution in [3.05, 3.63) is 75.9 Å². The van der Waals surface area contributed by atoms with Crippen LogP contribution >= 0.6 is 0 Å². The molecule has 0 fully saturated rings. The number of furan rings is 2. The average molecular weight is 283 g/mol. The van der Waals surface area contributed by atoms with E-state index in [1.54, 1.807) is 12.1 Å². The van der Waals surface area contributed by atoms with Crippen molar-refractivity contribution in [3.8, 4) is 11.3 Å². The highest BCUT2D eigenvalue weighted by atomic mass is 16.6. The Morgan fingerprint density at radius 1 is 0.952 bits per heavy atom. The Hall–Kier alpha value is -2.82. The van der Waals surface area contributed by atoms with E-state index < -0.39 is 4.92 Å². The van der Waals surface area contributed by atoms with Crippen LogP contribution in [0.15, 0.2) is 57.4 Å². The van der Waals surface area contributed by atoms with Gasteiger partial charge in [-0.1, -0.05) is 0 Å². The fourth-order valence-electron chi connectivity index (χ4n) is 2.13. The van der Waals surface area contributed by atoms with Crippen LogP contribution in [-0.4, -0.2) is 4.92 Å². The van der Waals surface area contributed by atoms with E-state index in [-0.39, 0.29) is 5.69 Å². The summed E-state index contributed by atoms with van der Waals surface area (Å²) in [6, 6.07) is 13.9. The molecule has 0 amide bonds. The summed E-state index contributed by atoms with van der Waals surface area (Å²) >= 11 is 0. The van der Waals surface area contributed by atoms with Gasteiger partial charge in [-0.2, -0.15) is 0 Å². The average Bonchev–Trinajstić information content (AvgIpc) is 3.09. The van der Waals surface area contributed by atoms with Crippen LogP contribution in [0.3, 0.4) is 0 Å². The molecule has 21 heavy (non-hydrogen) atoms. The van der Waals surface area contributed by atoms with E-state index in [4.69, 9.17) is 8.83 Å². The third-order valence-corrected chi connectivity index (χ3v) is 3.17. The van der Waals surface area contributed by atoms with Gasteiger partial charge in [0.2, 0.25) is 0 Å². The first-order valence-corrected chi connectivity index (χ1v) is 6.51. The molecule has 3 aromatic rings. The maximum absolute atomic E-state index is 10.6. The van der Waals surface area contributed by atoms with Crippen LogP contribution < -0.4 is 0 Å². The number of hydrogen-bond acceptors (Lipinski definition) is 4. The molecular formula is C16H13NO4. The molecule has 0 unspecified atom stereocenters. The van der Waals surface area contributed by atoms with Crippen LogP contribution in [0.5, 0.6) is 0 Å². The monoisotopic (exact) mass is 283 g/mol. The van der Waals surface area contributed by atoms with Gasteiger partial charge < -0.3 is 8.83 Å². The zero-order valence-corrected chi connectivity index (χ0v) is 11.4. The van der Waals surface area contributed by atoms with Crippen molar-refractivity contribution < 1.29 is 13.8 Å². The fourth-order valence-corrected chi connectivity index (χ4v) is 2.13. The summed E-state index contributed by atoms with van der Waals surface area (Å²) in [6.45, 7) is 1.90. The lowest BCUT2D eigenvalue weighted by Gasteiger charge is -1.97. The SMILES string of the molecule is Cc1ccc(Cc2ccc(-c3ccc([N+](=O)[O-])cc3)o2)o1.